The summed E-state index contributed by atoms with van der Waals surface area (Å²) in [5, 5.41) is 13.2. The number of methoxy groups -OCH3 is 1. The van der Waals surface area contributed by atoms with Gasteiger partial charge in [-0.05, 0) is 15.4 Å². The van der Waals surface area contributed by atoms with Crippen LogP contribution in [0.5, 0.6) is 0 Å². The van der Waals surface area contributed by atoms with E-state index >= 15 is 0 Å². The Morgan fingerprint density at radius 3 is 2.07 bits per heavy atom. The van der Waals surface area contributed by atoms with Gasteiger partial charge in [0.15, 0.2) is 0 Å². The lowest BCUT2D eigenvalue weighted by atomic mass is 9.94. The van der Waals surface area contributed by atoms with E-state index in [1.165, 1.54) is 10.4 Å². The first-order valence-electron chi connectivity index (χ1n) is 10.6. The standard InChI is InChI=1S/C24H32O5Si/c1-23(2,3)30(18-11-7-5-8-12-18,19-13-9-6-10-14-19)28-17-24-21(16-26-4)29-20(15-27-24)22(24)25/h5-14,20-22,25H,15-17H2,1-4H3/t20-,21-,22-,24-/m0/s1. The Bertz CT molecular complexity index is 798. The van der Waals surface area contributed by atoms with E-state index in [2.05, 4.69) is 69.3 Å². The summed E-state index contributed by atoms with van der Waals surface area (Å²) >= 11 is 0. The summed E-state index contributed by atoms with van der Waals surface area (Å²) in [7, 11) is -1.09. The first-order chi connectivity index (χ1) is 14.3. The lowest BCUT2D eigenvalue weighted by Gasteiger charge is -2.45. The van der Waals surface area contributed by atoms with E-state index in [9.17, 15) is 5.11 Å². The highest BCUT2D eigenvalue weighted by Crippen LogP contribution is 2.44. The zero-order valence-corrected chi connectivity index (χ0v) is 19.2. The Balaban J connectivity index is 1.78. The van der Waals surface area contributed by atoms with Crippen LogP contribution in [0.2, 0.25) is 5.04 Å². The van der Waals surface area contributed by atoms with Gasteiger partial charge in [0.2, 0.25) is 0 Å². The molecule has 2 aliphatic heterocycles. The number of hydrogen-bond acceptors (Lipinski definition) is 5. The van der Waals surface area contributed by atoms with Crippen molar-refractivity contribution in [2.45, 2.75) is 49.7 Å². The predicted molar refractivity (Wildman–Crippen MR) is 119 cm³/mol. The highest BCUT2D eigenvalue weighted by Gasteiger charge is 2.64. The number of rotatable bonds is 7. The lowest BCUT2D eigenvalue weighted by Crippen LogP contribution is -2.68. The molecule has 1 N–H and O–H groups in total. The molecular weight excluding hydrogens is 396 g/mol. The van der Waals surface area contributed by atoms with Crippen LogP contribution in [0, 0.1) is 0 Å². The SMILES string of the molecule is COC[C@@H]1O[C@H]2CO[C@]1(CO[Si](c1ccccc1)(c1ccccc1)C(C)(C)C)[C@H]2O. The van der Waals surface area contributed by atoms with Crippen molar-refractivity contribution in [2.24, 2.45) is 0 Å². The van der Waals surface area contributed by atoms with Crippen LogP contribution in [0.1, 0.15) is 20.8 Å². The molecule has 2 aromatic carbocycles. The van der Waals surface area contributed by atoms with Gasteiger partial charge in [-0.15, -0.1) is 0 Å². The molecule has 0 unspecified atom stereocenters. The van der Waals surface area contributed by atoms with Crippen molar-refractivity contribution >= 4 is 18.7 Å². The summed E-state index contributed by atoms with van der Waals surface area (Å²) < 4.78 is 24.5. The Hall–Kier alpha value is -1.54. The molecule has 0 amide bonds. The molecule has 2 fully saturated rings. The Morgan fingerprint density at radius 1 is 1.03 bits per heavy atom. The summed E-state index contributed by atoms with van der Waals surface area (Å²) in [5.41, 5.74) is -0.909. The van der Waals surface area contributed by atoms with E-state index in [1.54, 1.807) is 7.11 Å². The van der Waals surface area contributed by atoms with Crippen LogP contribution in [-0.4, -0.2) is 64.3 Å². The number of hydrogen-bond donors (Lipinski definition) is 1. The highest BCUT2D eigenvalue weighted by atomic mass is 28.4. The lowest BCUT2D eigenvalue weighted by molar-refractivity contribution is -0.178. The molecule has 2 aromatic rings. The molecule has 2 bridgehead atoms. The Labute approximate surface area is 180 Å². The van der Waals surface area contributed by atoms with Gasteiger partial charge in [0, 0.05) is 7.11 Å². The highest BCUT2D eigenvalue weighted by molar-refractivity contribution is 6.99. The van der Waals surface area contributed by atoms with Crippen molar-refractivity contribution in [3.63, 3.8) is 0 Å². The third-order valence-corrected chi connectivity index (χ3v) is 11.5. The van der Waals surface area contributed by atoms with E-state index < -0.39 is 20.0 Å². The molecule has 0 saturated carbocycles. The second kappa shape index (κ2) is 8.18. The number of ether oxygens (including phenoxy) is 3. The zero-order chi connectivity index (χ0) is 21.4. The van der Waals surface area contributed by atoms with Gasteiger partial charge in [-0.25, -0.2) is 0 Å². The van der Waals surface area contributed by atoms with Crippen LogP contribution in [0.15, 0.2) is 60.7 Å². The topological polar surface area (TPSA) is 57.2 Å². The monoisotopic (exact) mass is 428 g/mol. The minimum atomic E-state index is -2.73. The molecule has 0 aliphatic carbocycles. The Kier molecular flexibility index (Phi) is 5.92. The van der Waals surface area contributed by atoms with Crippen molar-refractivity contribution in [3.05, 3.63) is 60.7 Å². The molecule has 2 heterocycles. The minimum Gasteiger partial charge on any atom is -0.404 e. The summed E-state index contributed by atoms with van der Waals surface area (Å²) in [6.07, 6.45) is -1.40. The largest absolute Gasteiger partial charge is 0.404 e. The molecular formula is C24H32O5Si. The molecule has 0 radical (unpaired) electrons. The van der Waals surface area contributed by atoms with Gasteiger partial charge < -0.3 is 23.7 Å². The van der Waals surface area contributed by atoms with Crippen molar-refractivity contribution in [3.8, 4) is 0 Å². The van der Waals surface area contributed by atoms with Gasteiger partial charge in [-0.1, -0.05) is 81.4 Å². The number of fused-ring (bicyclic) bond motifs is 2. The Morgan fingerprint density at radius 2 is 1.60 bits per heavy atom. The van der Waals surface area contributed by atoms with Crippen molar-refractivity contribution in [2.75, 3.05) is 26.9 Å². The van der Waals surface area contributed by atoms with Gasteiger partial charge in [-0.2, -0.15) is 0 Å². The minimum absolute atomic E-state index is 0.147. The fourth-order valence-corrected chi connectivity index (χ4v) is 9.58. The van der Waals surface area contributed by atoms with Crippen molar-refractivity contribution in [1.29, 1.82) is 0 Å². The average Bonchev–Trinajstić information content (AvgIpc) is 3.18. The molecule has 4 rings (SSSR count). The summed E-state index contributed by atoms with van der Waals surface area (Å²) in [6, 6.07) is 21.0. The molecule has 4 atom stereocenters. The van der Waals surface area contributed by atoms with Crippen LogP contribution in [0.3, 0.4) is 0 Å². The second-order valence-electron chi connectivity index (χ2n) is 9.28. The first-order valence-corrected chi connectivity index (χ1v) is 12.5. The first kappa shape index (κ1) is 21.7. The normalized spacial score (nSPS) is 28.8. The van der Waals surface area contributed by atoms with Crippen LogP contribution in [0.4, 0.5) is 0 Å². The molecule has 162 valence electrons. The van der Waals surface area contributed by atoms with Crippen LogP contribution < -0.4 is 10.4 Å². The van der Waals surface area contributed by atoms with E-state index in [0.717, 1.165) is 0 Å². The number of benzene rings is 2. The molecule has 0 spiro atoms. The van der Waals surface area contributed by atoms with Gasteiger partial charge >= 0.3 is 0 Å². The fourth-order valence-electron chi connectivity index (χ4n) is 4.99. The zero-order valence-electron chi connectivity index (χ0n) is 18.2. The molecule has 5 nitrogen and oxygen atoms in total. The maximum atomic E-state index is 10.9. The van der Waals surface area contributed by atoms with Crippen molar-refractivity contribution in [1.82, 2.24) is 0 Å². The summed E-state index contributed by atoms with van der Waals surface area (Å²) in [4.78, 5) is 0. The third kappa shape index (κ3) is 3.36. The molecule has 30 heavy (non-hydrogen) atoms. The number of aliphatic hydroxyl groups excluding tert-OH is 1. The van der Waals surface area contributed by atoms with Crippen LogP contribution in [0.25, 0.3) is 0 Å². The maximum absolute atomic E-state index is 10.9. The van der Waals surface area contributed by atoms with Gasteiger partial charge in [-0.3, -0.25) is 0 Å². The van der Waals surface area contributed by atoms with E-state index in [4.69, 9.17) is 18.6 Å². The quantitative estimate of drug-likeness (QED) is 0.685. The average molecular weight is 429 g/mol. The fraction of sp³-hybridized carbons (Fsp3) is 0.500. The summed E-state index contributed by atoms with van der Waals surface area (Å²) in [5.74, 6) is 0. The predicted octanol–water partition coefficient (Wildman–Crippen LogP) is 2.11. The molecule has 2 saturated heterocycles. The molecule has 2 aliphatic rings. The maximum Gasteiger partial charge on any atom is 0.261 e. The molecule has 0 aromatic heterocycles. The number of aliphatic hydroxyl groups is 1. The smallest absolute Gasteiger partial charge is 0.261 e. The van der Waals surface area contributed by atoms with Gasteiger partial charge in [0.1, 0.15) is 23.9 Å². The third-order valence-electron chi connectivity index (χ3n) is 6.50. The van der Waals surface area contributed by atoms with Gasteiger partial charge in [0.05, 0.1) is 19.8 Å². The van der Waals surface area contributed by atoms with Crippen LogP contribution >= 0.6 is 0 Å². The van der Waals surface area contributed by atoms with E-state index in [0.29, 0.717) is 13.2 Å². The second-order valence-corrected chi connectivity index (χ2v) is 13.6. The summed E-state index contributed by atoms with van der Waals surface area (Å²) in [6.45, 7) is 7.71. The van der Waals surface area contributed by atoms with Crippen LogP contribution in [-0.2, 0) is 18.6 Å². The van der Waals surface area contributed by atoms with E-state index in [-0.39, 0.29) is 23.9 Å². The molecule has 6 heteroatoms. The van der Waals surface area contributed by atoms with Crippen molar-refractivity contribution < 1.29 is 23.7 Å². The van der Waals surface area contributed by atoms with E-state index in [1.807, 2.05) is 12.1 Å². The van der Waals surface area contributed by atoms with Gasteiger partial charge in [0.25, 0.3) is 8.32 Å².